The summed E-state index contributed by atoms with van der Waals surface area (Å²) in [6, 6.07) is 4.20. The highest BCUT2D eigenvalue weighted by atomic mass is 35.5. The lowest BCUT2D eigenvalue weighted by molar-refractivity contribution is 0.444. The number of hydrogen-bond acceptors (Lipinski definition) is 3. The van der Waals surface area contributed by atoms with Gasteiger partial charge in [0.25, 0.3) is 0 Å². The molecule has 0 spiro atoms. The van der Waals surface area contributed by atoms with E-state index in [0.717, 1.165) is 5.82 Å². The van der Waals surface area contributed by atoms with Crippen molar-refractivity contribution in [2.75, 3.05) is 5.32 Å². The molecule has 1 N–H and O–H groups in total. The maximum Gasteiger partial charge on any atom is 0.151 e. The second kappa shape index (κ2) is 3.27. The smallest absolute Gasteiger partial charge is 0.151 e. The van der Waals surface area contributed by atoms with Crippen LogP contribution in [-0.2, 0) is 0 Å². The summed E-state index contributed by atoms with van der Waals surface area (Å²) in [7, 11) is 0. The van der Waals surface area contributed by atoms with Crippen LogP contribution in [0.3, 0.4) is 0 Å². The minimum Gasteiger partial charge on any atom is -0.366 e. The molecule has 64 valence electrons. The third kappa shape index (κ3) is 1.67. The van der Waals surface area contributed by atoms with Crippen molar-refractivity contribution in [1.29, 1.82) is 0 Å². The first-order valence-corrected chi connectivity index (χ1v) is 4.48. The van der Waals surface area contributed by atoms with Gasteiger partial charge in [0.05, 0.1) is 0 Å². The van der Waals surface area contributed by atoms with E-state index in [0.29, 0.717) is 11.2 Å². The molecule has 3 nitrogen and oxygen atoms in total. The molecule has 0 radical (unpaired) electrons. The summed E-state index contributed by atoms with van der Waals surface area (Å²) >= 11 is 5.59. The van der Waals surface area contributed by atoms with E-state index in [-0.39, 0.29) is 0 Å². The van der Waals surface area contributed by atoms with E-state index in [9.17, 15) is 0 Å². The summed E-state index contributed by atoms with van der Waals surface area (Å²) in [6.45, 7) is 0. The lowest BCUT2D eigenvalue weighted by Crippen LogP contribution is -2.27. The Balaban J connectivity index is 1.98. The van der Waals surface area contributed by atoms with Crippen molar-refractivity contribution in [3.63, 3.8) is 0 Å². The molecular weight excluding hydrogens is 174 g/mol. The highest BCUT2D eigenvalue weighted by Crippen LogP contribution is 2.21. The molecule has 1 saturated carbocycles. The van der Waals surface area contributed by atoms with Gasteiger partial charge in [-0.1, -0.05) is 11.6 Å². The van der Waals surface area contributed by atoms with Crippen molar-refractivity contribution < 1.29 is 0 Å². The monoisotopic (exact) mass is 183 g/mol. The fourth-order valence-electron chi connectivity index (χ4n) is 1.15. The quantitative estimate of drug-likeness (QED) is 0.763. The zero-order chi connectivity index (χ0) is 8.39. The first kappa shape index (κ1) is 7.80. The molecule has 0 saturated heterocycles. The molecular formula is C8H10ClN3. The van der Waals surface area contributed by atoms with Gasteiger partial charge in [0.2, 0.25) is 0 Å². The van der Waals surface area contributed by atoms with Crippen molar-refractivity contribution in [3.05, 3.63) is 17.3 Å². The van der Waals surface area contributed by atoms with Crippen LogP contribution in [0, 0.1) is 0 Å². The van der Waals surface area contributed by atoms with Gasteiger partial charge in [-0.3, -0.25) is 0 Å². The van der Waals surface area contributed by atoms with Crippen molar-refractivity contribution in [2.45, 2.75) is 25.3 Å². The largest absolute Gasteiger partial charge is 0.366 e. The standard InChI is InChI=1S/C8H10ClN3/c9-7-4-5-8(12-11-7)10-6-2-1-3-6/h4-6H,1-3H2,(H,10,12). The topological polar surface area (TPSA) is 37.8 Å². The average Bonchev–Trinajstić information content (AvgIpc) is 2.00. The molecule has 1 heterocycles. The van der Waals surface area contributed by atoms with Gasteiger partial charge in [-0.25, -0.2) is 0 Å². The minimum atomic E-state index is 0.439. The third-order valence-electron chi connectivity index (χ3n) is 2.09. The molecule has 0 aromatic carbocycles. The molecule has 1 aliphatic carbocycles. The Morgan fingerprint density at radius 3 is 2.67 bits per heavy atom. The summed E-state index contributed by atoms with van der Waals surface area (Å²) in [6.07, 6.45) is 3.80. The lowest BCUT2D eigenvalue weighted by Gasteiger charge is -2.26. The molecule has 4 heteroatoms. The summed E-state index contributed by atoms with van der Waals surface area (Å²) < 4.78 is 0. The zero-order valence-electron chi connectivity index (χ0n) is 6.63. The molecule has 0 aliphatic heterocycles. The maximum atomic E-state index is 5.59. The first-order valence-electron chi connectivity index (χ1n) is 4.10. The van der Waals surface area contributed by atoms with Crippen molar-refractivity contribution >= 4 is 17.4 Å². The Bertz CT molecular complexity index is 256. The predicted octanol–water partition coefficient (Wildman–Crippen LogP) is 2.09. The maximum absolute atomic E-state index is 5.59. The van der Waals surface area contributed by atoms with Crippen LogP contribution in [0.1, 0.15) is 19.3 Å². The Labute approximate surface area is 76.1 Å². The van der Waals surface area contributed by atoms with Crippen LogP contribution in [0.15, 0.2) is 12.1 Å². The van der Waals surface area contributed by atoms with E-state index in [1.54, 1.807) is 6.07 Å². The summed E-state index contributed by atoms with van der Waals surface area (Å²) in [5.74, 6) is 0.823. The van der Waals surface area contributed by atoms with E-state index in [1.807, 2.05) is 6.07 Å². The highest BCUT2D eigenvalue weighted by Gasteiger charge is 2.16. The van der Waals surface area contributed by atoms with Gasteiger partial charge in [0, 0.05) is 6.04 Å². The average molecular weight is 184 g/mol. The second-order valence-electron chi connectivity index (χ2n) is 3.01. The van der Waals surface area contributed by atoms with Gasteiger partial charge < -0.3 is 5.32 Å². The molecule has 2 rings (SSSR count). The van der Waals surface area contributed by atoms with Gasteiger partial charge in [0.1, 0.15) is 5.82 Å². The molecule has 1 aromatic rings. The van der Waals surface area contributed by atoms with E-state index in [2.05, 4.69) is 15.5 Å². The Morgan fingerprint density at radius 1 is 1.33 bits per heavy atom. The van der Waals surface area contributed by atoms with Crippen LogP contribution in [0.25, 0.3) is 0 Å². The molecule has 0 amide bonds. The number of anilines is 1. The van der Waals surface area contributed by atoms with Crippen LogP contribution < -0.4 is 5.32 Å². The summed E-state index contributed by atoms with van der Waals surface area (Å²) in [5.41, 5.74) is 0. The molecule has 0 atom stereocenters. The number of rotatable bonds is 2. The molecule has 0 unspecified atom stereocenters. The molecule has 1 fully saturated rings. The van der Waals surface area contributed by atoms with Crippen molar-refractivity contribution in [3.8, 4) is 0 Å². The SMILES string of the molecule is Clc1ccc(NC2CCC2)nn1. The van der Waals surface area contributed by atoms with Gasteiger partial charge in [-0.2, -0.15) is 0 Å². The van der Waals surface area contributed by atoms with Crippen LogP contribution in [0.5, 0.6) is 0 Å². The van der Waals surface area contributed by atoms with Crippen LogP contribution in [0.2, 0.25) is 5.15 Å². The Hall–Kier alpha value is -0.830. The fraction of sp³-hybridized carbons (Fsp3) is 0.500. The van der Waals surface area contributed by atoms with Gasteiger partial charge in [0.15, 0.2) is 5.15 Å². The zero-order valence-corrected chi connectivity index (χ0v) is 7.38. The molecule has 12 heavy (non-hydrogen) atoms. The number of nitrogens with zero attached hydrogens (tertiary/aromatic N) is 2. The molecule has 1 aliphatic rings. The molecule has 1 aromatic heterocycles. The van der Waals surface area contributed by atoms with Gasteiger partial charge in [-0.15, -0.1) is 10.2 Å². The van der Waals surface area contributed by atoms with Gasteiger partial charge in [-0.05, 0) is 31.4 Å². The van der Waals surface area contributed by atoms with E-state index >= 15 is 0 Å². The van der Waals surface area contributed by atoms with Crippen LogP contribution in [-0.4, -0.2) is 16.2 Å². The van der Waals surface area contributed by atoms with Crippen LogP contribution in [0.4, 0.5) is 5.82 Å². The highest BCUT2D eigenvalue weighted by molar-refractivity contribution is 6.29. The van der Waals surface area contributed by atoms with Crippen molar-refractivity contribution in [2.24, 2.45) is 0 Å². The van der Waals surface area contributed by atoms with Gasteiger partial charge >= 0.3 is 0 Å². The third-order valence-corrected chi connectivity index (χ3v) is 2.29. The predicted molar refractivity (Wildman–Crippen MR) is 48.3 cm³/mol. The summed E-state index contributed by atoms with van der Waals surface area (Å²) in [5, 5.41) is 11.4. The lowest BCUT2D eigenvalue weighted by atomic mass is 9.93. The fourth-order valence-corrected chi connectivity index (χ4v) is 1.26. The minimum absolute atomic E-state index is 0.439. The Kier molecular flexibility index (Phi) is 2.13. The molecule has 0 bridgehead atoms. The number of aromatic nitrogens is 2. The van der Waals surface area contributed by atoms with E-state index in [4.69, 9.17) is 11.6 Å². The number of halogens is 1. The second-order valence-corrected chi connectivity index (χ2v) is 3.40. The van der Waals surface area contributed by atoms with E-state index < -0.39 is 0 Å². The van der Waals surface area contributed by atoms with Crippen LogP contribution >= 0.6 is 11.6 Å². The first-order chi connectivity index (χ1) is 5.84. The van der Waals surface area contributed by atoms with Crippen molar-refractivity contribution in [1.82, 2.24) is 10.2 Å². The number of nitrogens with one attached hydrogen (secondary N) is 1. The normalized spacial score (nSPS) is 17.1. The van der Waals surface area contributed by atoms with E-state index in [1.165, 1.54) is 19.3 Å². The Morgan fingerprint density at radius 2 is 2.17 bits per heavy atom. The summed E-state index contributed by atoms with van der Waals surface area (Å²) in [4.78, 5) is 0. The number of hydrogen-bond donors (Lipinski definition) is 1.